The third kappa shape index (κ3) is 14.7. The second kappa shape index (κ2) is 22.8. The summed E-state index contributed by atoms with van der Waals surface area (Å²) in [5, 5.41) is 42.2. The number of carbonyl (C=O) groups is 3. The fourth-order valence-electron chi connectivity index (χ4n) is 5.78. The average Bonchev–Trinajstić information content (AvgIpc) is 3.23. The zero-order valence-electron chi connectivity index (χ0n) is 34.7. The van der Waals surface area contributed by atoms with Crippen LogP contribution in [0.4, 0.5) is 5.69 Å². The molecule has 5 aromatic carbocycles. The summed E-state index contributed by atoms with van der Waals surface area (Å²) in [5.74, 6) is -2.25. The van der Waals surface area contributed by atoms with Crippen molar-refractivity contribution < 1.29 is 53.9 Å². The van der Waals surface area contributed by atoms with Crippen LogP contribution in [0.25, 0.3) is 0 Å². The molecule has 3 N–H and O–H groups in total. The lowest BCUT2D eigenvalue weighted by Crippen LogP contribution is -2.29. The highest BCUT2D eigenvalue weighted by Crippen LogP contribution is 2.99. The van der Waals surface area contributed by atoms with Gasteiger partial charge in [-0.2, -0.15) is 0 Å². The van der Waals surface area contributed by atoms with Crippen molar-refractivity contribution in [1.29, 1.82) is 0 Å². The van der Waals surface area contributed by atoms with Crippen molar-refractivity contribution in [2.24, 2.45) is 5.92 Å². The monoisotopic (exact) mass is 967 g/mol. The second-order valence-corrected chi connectivity index (χ2v) is 31.2. The number of amides is 1. The number of carbonyl (C=O) groups excluding carboxylic acids is 3. The molecule has 2 atom stereocenters. The Morgan fingerprint density at radius 1 is 0.812 bits per heavy atom. The van der Waals surface area contributed by atoms with E-state index < -0.39 is 57.9 Å². The van der Waals surface area contributed by atoms with Crippen molar-refractivity contribution in [3.63, 3.8) is 0 Å². The normalized spacial score (nSPS) is 16.1. The van der Waals surface area contributed by atoms with E-state index >= 15 is 0 Å². The van der Waals surface area contributed by atoms with Gasteiger partial charge in [-0.3, -0.25) is 9.59 Å². The maximum absolute atomic E-state index is 13.7. The van der Waals surface area contributed by atoms with Gasteiger partial charge in [-0.25, -0.2) is 4.79 Å². The molecule has 16 nitrogen and oxygen atoms in total. The molecule has 0 aliphatic carbocycles. The number of phenols is 2. The topological polar surface area (TPSA) is 227 Å². The lowest BCUT2D eigenvalue weighted by molar-refractivity contribution is -0.789. The van der Waals surface area contributed by atoms with Gasteiger partial charge >= 0.3 is 11.9 Å². The fraction of sp³-hybridized carbons (Fsp3) is 0.233. The number of benzene rings is 5. The number of ether oxygens (including phenoxy) is 2. The molecule has 6 rings (SSSR count). The largest absolute Gasteiger partial charge is 0.508 e. The minimum Gasteiger partial charge on any atom is -0.508 e. The van der Waals surface area contributed by atoms with Gasteiger partial charge in [-0.1, -0.05) is 89.6 Å². The summed E-state index contributed by atoms with van der Waals surface area (Å²) in [7, 11) is 0. The number of aryl methyl sites for hydroxylation is 1. The summed E-state index contributed by atoms with van der Waals surface area (Å²) >= 11 is 9.45. The Morgan fingerprint density at radius 2 is 1.42 bits per heavy atom. The molecule has 1 saturated heterocycles. The maximum Gasteiger partial charge on any atom is 0.347 e. The van der Waals surface area contributed by atoms with E-state index in [0.717, 1.165) is 28.2 Å². The first-order valence-corrected chi connectivity index (χ1v) is 27.6. The smallest absolute Gasteiger partial charge is 0.347 e. The van der Waals surface area contributed by atoms with Crippen LogP contribution in [0.2, 0.25) is 0 Å². The van der Waals surface area contributed by atoms with Crippen molar-refractivity contribution in [1.82, 2.24) is 0 Å². The number of hydrogen-bond donors (Lipinski definition) is 3. The first kappa shape index (κ1) is 49.3. The fourth-order valence-corrected chi connectivity index (χ4v) is 31.7. The predicted octanol–water partition coefficient (Wildman–Crippen LogP) is 9.39. The summed E-state index contributed by atoms with van der Waals surface area (Å²) < 4.78 is 9.01. The van der Waals surface area contributed by atoms with E-state index in [4.69, 9.17) is 26.4 Å². The predicted molar refractivity (Wildman–Crippen MR) is 252 cm³/mol. The molecule has 0 spiro atoms. The molecule has 1 aliphatic heterocycles. The highest BCUT2D eigenvalue weighted by Gasteiger charge is 2.40. The molecule has 0 radical (unpaired) electrons. The molecule has 0 saturated carbocycles. The Balaban J connectivity index is 0.000000866. The maximum atomic E-state index is 13.7. The van der Waals surface area contributed by atoms with Gasteiger partial charge in [-0.05, 0) is 121 Å². The SMILES string of the molecule is CC(C)Cc1ccc(C(C)C(=O)Nc2ccc(OC(=O)CC(CO[N+](=O)[O-])O[N+](=O)[O-])c(C(=O)Oc3ccc(P4(=S)SP(c5ccc(O)cc5)S4)cc3)c2)cc1.Cc1ccc(O)cc1. The Labute approximate surface area is 382 Å². The van der Waals surface area contributed by atoms with Crippen molar-refractivity contribution in [3.8, 4) is 23.0 Å². The van der Waals surface area contributed by atoms with E-state index in [-0.39, 0.29) is 34.4 Å². The number of nitrogens with zero attached hydrogens (tertiary/aromatic N) is 2. The number of anilines is 1. The van der Waals surface area contributed by atoms with Gasteiger partial charge < -0.3 is 34.7 Å². The lowest BCUT2D eigenvalue weighted by Gasteiger charge is -2.37. The number of esters is 2. The number of nitrogens with one attached hydrogen (secondary N) is 1. The summed E-state index contributed by atoms with van der Waals surface area (Å²) in [5.41, 5.74) is 2.98. The van der Waals surface area contributed by atoms with Crippen LogP contribution in [0.3, 0.4) is 0 Å². The van der Waals surface area contributed by atoms with E-state index in [1.165, 1.54) is 23.8 Å². The molecule has 21 heteroatoms. The number of aromatic hydroxyl groups is 2. The summed E-state index contributed by atoms with van der Waals surface area (Å²) in [6.07, 6.45) is -2.25. The van der Waals surface area contributed by atoms with Crippen LogP contribution < -0.4 is 25.4 Å². The molecule has 0 aromatic heterocycles. The Hall–Kier alpha value is -5.71. The number of rotatable bonds is 17. The molecule has 1 heterocycles. The molecule has 1 fully saturated rings. The standard InChI is InChI=1S/C36H35N3O12P2S3.C7H8O/c1-22(2)18-24-4-6-25(7-5-24)23(3)35(42)37-26-8-17-33(50-34(41)20-29(51-39(46)47)21-48-38(44)45)32(19-26)36(43)49-28-11-15-31(16-12-28)53(54)55-52(56-53)30-13-9-27(40)10-14-30;1-6-2-4-7(8)5-3-6/h4-17,19,22-23,29,40H,18,20-21H2,1-3H3,(H,37,42);2-5,8H,1H3. The second-order valence-electron chi connectivity index (χ2n) is 14.6. The van der Waals surface area contributed by atoms with Crippen molar-refractivity contribution >= 4 is 78.7 Å². The van der Waals surface area contributed by atoms with E-state index in [9.17, 15) is 39.7 Å². The van der Waals surface area contributed by atoms with Gasteiger partial charge in [0.2, 0.25) is 5.91 Å². The van der Waals surface area contributed by atoms with Crippen molar-refractivity contribution in [3.05, 3.63) is 158 Å². The molecule has 1 amide bonds. The van der Waals surface area contributed by atoms with Crippen molar-refractivity contribution in [2.45, 2.75) is 52.6 Å². The van der Waals surface area contributed by atoms with E-state index in [1.807, 2.05) is 55.5 Å². The quantitative estimate of drug-likeness (QED) is 0.0259. The third-order valence-corrected chi connectivity index (χ3v) is 34.1. The van der Waals surface area contributed by atoms with E-state index in [1.54, 1.807) is 77.5 Å². The molecule has 0 bridgehead atoms. The molecule has 1 aliphatic rings. The summed E-state index contributed by atoms with van der Waals surface area (Å²) in [6.45, 7) is 7.02. The zero-order valence-corrected chi connectivity index (χ0v) is 39.0. The van der Waals surface area contributed by atoms with Gasteiger partial charge in [0.05, 0.1) is 23.1 Å². The van der Waals surface area contributed by atoms with Crippen LogP contribution in [0, 0.1) is 33.1 Å². The molecular weight excluding hydrogens is 925 g/mol. The number of hydrogen-bond acceptors (Lipinski definition) is 16. The van der Waals surface area contributed by atoms with Crippen LogP contribution in [0.1, 0.15) is 60.2 Å². The summed E-state index contributed by atoms with van der Waals surface area (Å²) in [6, 6.07) is 32.5. The first-order chi connectivity index (χ1) is 30.4. The van der Waals surface area contributed by atoms with E-state index in [2.05, 4.69) is 28.8 Å². The molecule has 5 aromatic rings. The van der Waals surface area contributed by atoms with Gasteiger partial charge in [0.25, 0.3) is 10.2 Å². The molecular formula is C43H43N3O13P2S3. The first-order valence-electron chi connectivity index (χ1n) is 19.4. The van der Waals surface area contributed by atoms with Gasteiger partial charge in [0.15, 0.2) is 0 Å². The van der Waals surface area contributed by atoms with Gasteiger partial charge in [-0.15, -0.1) is 20.2 Å². The minimum atomic E-state index is -2.01. The Morgan fingerprint density at radius 3 is 1.98 bits per heavy atom. The average molecular weight is 968 g/mol. The molecule has 336 valence electrons. The zero-order chi connectivity index (χ0) is 46.6. The molecule has 64 heavy (non-hydrogen) atoms. The highest BCUT2D eigenvalue weighted by molar-refractivity contribution is 9.43. The minimum absolute atomic E-state index is 0.147. The van der Waals surface area contributed by atoms with Gasteiger partial charge in [0.1, 0.15) is 41.3 Å². The van der Waals surface area contributed by atoms with Crippen LogP contribution in [-0.2, 0) is 37.5 Å². The summed E-state index contributed by atoms with van der Waals surface area (Å²) in [4.78, 5) is 69.9. The highest BCUT2D eigenvalue weighted by atomic mass is 33.7. The van der Waals surface area contributed by atoms with Gasteiger partial charge in [0, 0.05) is 11.0 Å². The molecule has 2 unspecified atom stereocenters. The van der Waals surface area contributed by atoms with E-state index in [0.29, 0.717) is 11.7 Å². The van der Waals surface area contributed by atoms with Crippen molar-refractivity contribution in [2.75, 3.05) is 11.9 Å². The van der Waals surface area contributed by atoms with Crippen LogP contribution in [-0.4, -0.2) is 50.9 Å². The lowest BCUT2D eigenvalue weighted by atomic mass is 9.96. The van der Waals surface area contributed by atoms with Crippen LogP contribution in [0.5, 0.6) is 23.0 Å². The van der Waals surface area contributed by atoms with Crippen LogP contribution >= 0.6 is 32.8 Å². The number of phenolic OH excluding ortho intramolecular Hbond substituents is 2. The third-order valence-electron chi connectivity index (χ3n) is 9.02. The van der Waals surface area contributed by atoms with Crippen LogP contribution in [0.15, 0.2) is 115 Å². The Kier molecular flexibility index (Phi) is 17.5. The Bertz CT molecular complexity index is 2470.